The predicted octanol–water partition coefficient (Wildman–Crippen LogP) is 0.314. The van der Waals surface area contributed by atoms with Crippen molar-refractivity contribution in [3.8, 4) is 6.07 Å². The Morgan fingerprint density at radius 3 is 3.00 bits per heavy atom. The number of H-pyrrole nitrogens is 1. The number of nitrogens with one attached hydrogen (secondary N) is 1. The fourth-order valence-corrected chi connectivity index (χ4v) is 0.950. The Kier molecular flexibility index (Phi) is 2.65. The van der Waals surface area contributed by atoms with Crippen molar-refractivity contribution < 1.29 is 4.79 Å². The summed E-state index contributed by atoms with van der Waals surface area (Å²) in [4.78, 5) is 12.9. The van der Waals surface area contributed by atoms with E-state index in [1.807, 2.05) is 6.07 Å². The lowest BCUT2D eigenvalue weighted by molar-refractivity contribution is 0.0811. The van der Waals surface area contributed by atoms with Crippen LogP contribution in [0.25, 0.3) is 0 Å². The van der Waals surface area contributed by atoms with Gasteiger partial charge in [-0.2, -0.15) is 10.4 Å². The number of aromatic amines is 1. The van der Waals surface area contributed by atoms with E-state index in [1.54, 1.807) is 14.0 Å². The fraction of sp³-hybridized carbons (Fsp3) is 0.375. The summed E-state index contributed by atoms with van der Waals surface area (Å²) in [6, 6.07) is 1.90. The minimum Gasteiger partial charge on any atom is -0.328 e. The van der Waals surface area contributed by atoms with E-state index in [0.717, 1.165) is 5.69 Å². The first-order valence-electron chi connectivity index (χ1n) is 3.79. The van der Waals surface area contributed by atoms with Crippen LogP contribution < -0.4 is 0 Å². The van der Waals surface area contributed by atoms with Gasteiger partial charge in [-0.25, -0.2) is 0 Å². The summed E-state index contributed by atoms with van der Waals surface area (Å²) in [5, 5.41) is 14.8. The van der Waals surface area contributed by atoms with Crippen LogP contribution >= 0.6 is 0 Å². The van der Waals surface area contributed by atoms with Gasteiger partial charge >= 0.3 is 0 Å². The highest BCUT2D eigenvalue weighted by atomic mass is 16.2. The highest BCUT2D eigenvalue weighted by Gasteiger charge is 2.14. The van der Waals surface area contributed by atoms with E-state index in [4.69, 9.17) is 5.26 Å². The molecular formula is C8H10N4O. The molecule has 0 atom stereocenters. The molecule has 0 fully saturated rings. The molecular weight excluding hydrogens is 168 g/mol. The van der Waals surface area contributed by atoms with Gasteiger partial charge in [-0.1, -0.05) is 0 Å². The number of nitrogens with zero attached hydrogens (tertiary/aromatic N) is 3. The maximum atomic E-state index is 11.5. The van der Waals surface area contributed by atoms with Gasteiger partial charge in [0.1, 0.15) is 6.54 Å². The molecule has 0 saturated heterocycles. The summed E-state index contributed by atoms with van der Waals surface area (Å²) in [5.74, 6) is -0.187. The Morgan fingerprint density at radius 1 is 1.85 bits per heavy atom. The second kappa shape index (κ2) is 3.72. The van der Waals surface area contributed by atoms with E-state index < -0.39 is 0 Å². The van der Waals surface area contributed by atoms with Crippen LogP contribution in [-0.2, 0) is 0 Å². The number of carbonyl (C=O) groups excluding carboxylic acids is 1. The Morgan fingerprint density at radius 2 is 2.54 bits per heavy atom. The van der Waals surface area contributed by atoms with Gasteiger partial charge in [0, 0.05) is 12.7 Å². The fourth-order valence-electron chi connectivity index (χ4n) is 0.950. The molecule has 0 aliphatic heterocycles. The average Bonchev–Trinajstić information content (AvgIpc) is 2.50. The van der Waals surface area contributed by atoms with E-state index in [0.29, 0.717) is 5.56 Å². The zero-order valence-corrected chi connectivity index (χ0v) is 7.53. The summed E-state index contributed by atoms with van der Waals surface area (Å²) in [6.07, 6.45) is 1.46. The lowest BCUT2D eigenvalue weighted by atomic mass is 10.2. The monoisotopic (exact) mass is 178 g/mol. The second-order valence-corrected chi connectivity index (χ2v) is 2.73. The Bertz CT molecular complexity index is 349. The molecule has 1 aromatic rings. The van der Waals surface area contributed by atoms with Gasteiger partial charge in [0.2, 0.25) is 0 Å². The summed E-state index contributed by atoms with van der Waals surface area (Å²) in [6.45, 7) is 1.85. The quantitative estimate of drug-likeness (QED) is 0.662. The van der Waals surface area contributed by atoms with Gasteiger partial charge in [0.25, 0.3) is 5.91 Å². The number of nitriles is 1. The standard InChI is InChI=1S/C8H10N4O/c1-6-7(5-10-11-6)8(13)12(2)4-3-9/h5H,4H2,1-2H3,(H,10,11). The summed E-state index contributed by atoms with van der Waals surface area (Å²) in [5.41, 5.74) is 1.23. The Labute approximate surface area is 76.0 Å². The molecule has 68 valence electrons. The molecule has 5 nitrogen and oxygen atoms in total. The van der Waals surface area contributed by atoms with Crippen molar-refractivity contribution in [2.45, 2.75) is 6.92 Å². The van der Waals surface area contributed by atoms with Gasteiger partial charge < -0.3 is 4.90 Å². The number of amides is 1. The van der Waals surface area contributed by atoms with E-state index in [2.05, 4.69) is 10.2 Å². The number of hydrogen-bond donors (Lipinski definition) is 1. The molecule has 0 spiro atoms. The van der Waals surface area contributed by atoms with Crippen molar-refractivity contribution in [2.24, 2.45) is 0 Å². The SMILES string of the molecule is Cc1[nH]ncc1C(=O)N(C)CC#N. The zero-order valence-electron chi connectivity index (χ0n) is 7.53. The Hall–Kier alpha value is -1.83. The van der Waals surface area contributed by atoms with Crippen LogP contribution in [0.4, 0.5) is 0 Å². The highest BCUT2D eigenvalue weighted by molar-refractivity contribution is 5.94. The highest BCUT2D eigenvalue weighted by Crippen LogP contribution is 2.05. The molecule has 13 heavy (non-hydrogen) atoms. The number of aromatic nitrogens is 2. The molecule has 1 rings (SSSR count). The van der Waals surface area contributed by atoms with Crippen LogP contribution in [0.1, 0.15) is 16.1 Å². The lowest BCUT2D eigenvalue weighted by Crippen LogP contribution is -2.27. The van der Waals surface area contributed by atoms with Crippen LogP contribution in [0.15, 0.2) is 6.20 Å². The van der Waals surface area contributed by atoms with Gasteiger partial charge in [-0.3, -0.25) is 9.89 Å². The molecule has 1 heterocycles. The summed E-state index contributed by atoms with van der Waals surface area (Å²) < 4.78 is 0. The normalized spacial score (nSPS) is 9.31. The molecule has 0 radical (unpaired) electrons. The molecule has 0 aliphatic rings. The third-order valence-electron chi connectivity index (χ3n) is 1.71. The van der Waals surface area contributed by atoms with Crippen LogP contribution in [0.5, 0.6) is 0 Å². The van der Waals surface area contributed by atoms with E-state index >= 15 is 0 Å². The maximum absolute atomic E-state index is 11.5. The van der Waals surface area contributed by atoms with E-state index in [9.17, 15) is 4.79 Å². The Balaban J connectivity index is 2.81. The van der Waals surface area contributed by atoms with Crippen molar-refractivity contribution in [1.82, 2.24) is 15.1 Å². The van der Waals surface area contributed by atoms with Crippen molar-refractivity contribution >= 4 is 5.91 Å². The second-order valence-electron chi connectivity index (χ2n) is 2.73. The molecule has 0 bridgehead atoms. The van der Waals surface area contributed by atoms with Gasteiger partial charge in [0.05, 0.1) is 17.8 Å². The van der Waals surface area contributed by atoms with Gasteiger partial charge in [0.15, 0.2) is 0 Å². The molecule has 5 heteroatoms. The molecule has 1 amide bonds. The van der Waals surface area contributed by atoms with Crippen molar-refractivity contribution in [2.75, 3.05) is 13.6 Å². The number of rotatable bonds is 2. The number of hydrogen-bond acceptors (Lipinski definition) is 3. The molecule has 0 aromatic carbocycles. The molecule has 0 saturated carbocycles. The summed E-state index contributed by atoms with van der Waals surface area (Å²) >= 11 is 0. The smallest absolute Gasteiger partial charge is 0.257 e. The van der Waals surface area contributed by atoms with Crippen LogP contribution in [0, 0.1) is 18.3 Å². The van der Waals surface area contributed by atoms with Crippen LogP contribution in [-0.4, -0.2) is 34.6 Å². The number of aryl methyl sites for hydroxylation is 1. The predicted molar refractivity (Wildman–Crippen MR) is 45.9 cm³/mol. The first-order chi connectivity index (χ1) is 6.16. The first-order valence-corrected chi connectivity index (χ1v) is 3.79. The van der Waals surface area contributed by atoms with E-state index in [1.165, 1.54) is 11.1 Å². The summed E-state index contributed by atoms with van der Waals surface area (Å²) in [7, 11) is 1.58. The average molecular weight is 178 g/mol. The molecule has 0 aliphatic carbocycles. The largest absolute Gasteiger partial charge is 0.328 e. The van der Waals surface area contributed by atoms with Crippen molar-refractivity contribution in [3.05, 3.63) is 17.5 Å². The zero-order chi connectivity index (χ0) is 9.84. The van der Waals surface area contributed by atoms with Crippen LogP contribution in [0.2, 0.25) is 0 Å². The molecule has 0 unspecified atom stereocenters. The third-order valence-corrected chi connectivity index (χ3v) is 1.71. The van der Waals surface area contributed by atoms with Crippen molar-refractivity contribution in [3.63, 3.8) is 0 Å². The minimum absolute atomic E-state index is 0.0868. The first kappa shape index (κ1) is 9.26. The van der Waals surface area contributed by atoms with Crippen LogP contribution in [0.3, 0.4) is 0 Å². The minimum atomic E-state index is -0.187. The lowest BCUT2D eigenvalue weighted by Gasteiger charge is -2.11. The van der Waals surface area contributed by atoms with Gasteiger partial charge in [-0.05, 0) is 6.92 Å². The molecule has 1 N–H and O–H groups in total. The van der Waals surface area contributed by atoms with Gasteiger partial charge in [-0.15, -0.1) is 0 Å². The maximum Gasteiger partial charge on any atom is 0.257 e. The van der Waals surface area contributed by atoms with Crippen molar-refractivity contribution in [1.29, 1.82) is 5.26 Å². The number of carbonyl (C=O) groups is 1. The topological polar surface area (TPSA) is 72.8 Å². The third kappa shape index (κ3) is 1.85. The molecule has 1 aromatic heterocycles. The van der Waals surface area contributed by atoms with E-state index in [-0.39, 0.29) is 12.5 Å².